The maximum absolute atomic E-state index is 10.6. The van der Waals surface area contributed by atoms with E-state index in [4.69, 9.17) is 4.74 Å². The average Bonchev–Trinajstić information content (AvgIpc) is 2.16. The number of hydrogen-bond donors (Lipinski definition) is 0. The van der Waals surface area contributed by atoms with Crippen molar-refractivity contribution in [3.8, 4) is 5.75 Å². The lowest BCUT2D eigenvalue weighted by atomic mass is 10.2. The molecule has 76 valence electrons. The number of benzene rings is 1. The van der Waals surface area contributed by atoms with Crippen molar-refractivity contribution in [2.24, 2.45) is 0 Å². The topological polar surface area (TPSA) is 26.3 Å². The second-order valence-electron chi connectivity index (χ2n) is 2.78. The third-order valence-electron chi connectivity index (χ3n) is 1.61. The van der Waals surface area contributed by atoms with E-state index in [1.165, 1.54) is 0 Å². The van der Waals surface area contributed by atoms with Gasteiger partial charge in [-0.1, -0.05) is 6.92 Å². The van der Waals surface area contributed by atoms with Gasteiger partial charge >= 0.3 is 0 Å². The molecule has 1 aromatic rings. The van der Waals surface area contributed by atoms with E-state index in [2.05, 4.69) is 31.9 Å². The molecule has 0 saturated heterocycles. The first-order valence-electron chi connectivity index (χ1n) is 4.26. The number of ether oxygens (including phenoxy) is 1. The lowest BCUT2D eigenvalue weighted by Crippen LogP contribution is -1.97. The highest BCUT2D eigenvalue weighted by atomic mass is 79.9. The highest BCUT2D eigenvalue weighted by molar-refractivity contribution is 9.11. The fourth-order valence-electron chi connectivity index (χ4n) is 0.990. The fraction of sp³-hybridized carbons (Fsp3) is 0.300. The minimum Gasteiger partial charge on any atom is -0.491 e. The molecule has 0 radical (unpaired) electrons. The Morgan fingerprint density at radius 2 is 1.93 bits per heavy atom. The van der Waals surface area contributed by atoms with E-state index in [1.807, 2.05) is 6.92 Å². The second kappa shape index (κ2) is 5.51. The molecule has 1 rings (SSSR count). The van der Waals surface area contributed by atoms with Gasteiger partial charge in [0.05, 0.1) is 15.6 Å². The lowest BCUT2D eigenvalue weighted by Gasteiger charge is -2.09. The molecule has 0 spiro atoms. The first-order chi connectivity index (χ1) is 6.69. The molecular weight excluding hydrogens is 312 g/mol. The van der Waals surface area contributed by atoms with Gasteiger partial charge in [0.15, 0.2) is 0 Å². The third kappa shape index (κ3) is 2.82. The molecule has 0 amide bonds. The summed E-state index contributed by atoms with van der Waals surface area (Å²) in [7, 11) is 0. The van der Waals surface area contributed by atoms with Crippen molar-refractivity contribution in [3.63, 3.8) is 0 Å². The van der Waals surface area contributed by atoms with Crippen LogP contribution in [0.4, 0.5) is 0 Å². The molecule has 0 saturated carbocycles. The summed E-state index contributed by atoms with van der Waals surface area (Å²) < 4.78 is 7.09. The van der Waals surface area contributed by atoms with Crippen molar-refractivity contribution in [2.75, 3.05) is 6.61 Å². The van der Waals surface area contributed by atoms with E-state index in [1.54, 1.807) is 12.1 Å². The summed E-state index contributed by atoms with van der Waals surface area (Å²) in [6, 6.07) is 3.48. The Balaban J connectivity index is 2.99. The molecule has 0 bridgehead atoms. The van der Waals surface area contributed by atoms with Crippen molar-refractivity contribution in [2.45, 2.75) is 13.3 Å². The standard InChI is InChI=1S/C10H10Br2O2/c1-2-3-14-10-8(11)4-7(6-13)5-9(10)12/h4-6H,2-3H2,1H3. The van der Waals surface area contributed by atoms with E-state index < -0.39 is 0 Å². The maximum Gasteiger partial charge on any atom is 0.150 e. The van der Waals surface area contributed by atoms with Gasteiger partial charge in [0.25, 0.3) is 0 Å². The summed E-state index contributed by atoms with van der Waals surface area (Å²) >= 11 is 6.71. The Labute approximate surface area is 99.9 Å². The number of carbonyl (C=O) groups is 1. The van der Waals surface area contributed by atoms with Crippen LogP contribution in [0.15, 0.2) is 21.1 Å². The largest absolute Gasteiger partial charge is 0.491 e. The highest BCUT2D eigenvalue weighted by Crippen LogP contribution is 2.34. The molecule has 0 atom stereocenters. The SMILES string of the molecule is CCCOc1c(Br)cc(C=O)cc1Br. The average molecular weight is 322 g/mol. The zero-order chi connectivity index (χ0) is 10.6. The van der Waals surface area contributed by atoms with Crippen LogP contribution in [0.1, 0.15) is 23.7 Å². The van der Waals surface area contributed by atoms with Crippen LogP contribution in [0.5, 0.6) is 5.75 Å². The summed E-state index contributed by atoms with van der Waals surface area (Å²) in [5, 5.41) is 0. The van der Waals surface area contributed by atoms with Crippen molar-refractivity contribution in [3.05, 3.63) is 26.6 Å². The summed E-state index contributed by atoms with van der Waals surface area (Å²) in [6.07, 6.45) is 1.76. The monoisotopic (exact) mass is 320 g/mol. The van der Waals surface area contributed by atoms with E-state index in [0.717, 1.165) is 27.4 Å². The minimum atomic E-state index is 0.618. The van der Waals surface area contributed by atoms with Crippen molar-refractivity contribution in [1.29, 1.82) is 0 Å². The first-order valence-corrected chi connectivity index (χ1v) is 5.84. The Kier molecular flexibility index (Phi) is 4.62. The van der Waals surface area contributed by atoms with Crippen LogP contribution in [0.2, 0.25) is 0 Å². The quantitative estimate of drug-likeness (QED) is 0.788. The molecule has 0 aliphatic heterocycles. The van der Waals surface area contributed by atoms with Gasteiger partial charge in [-0.2, -0.15) is 0 Å². The predicted octanol–water partition coefficient (Wildman–Crippen LogP) is 3.81. The van der Waals surface area contributed by atoms with Gasteiger partial charge in [-0.15, -0.1) is 0 Å². The zero-order valence-corrected chi connectivity index (χ0v) is 10.9. The van der Waals surface area contributed by atoms with E-state index in [9.17, 15) is 4.79 Å². The smallest absolute Gasteiger partial charge is 0.150 e. The second-order valence-corrected chi connectivity index (χ2v) is 4.49. The Morgan fingerprint density at radius 3 is 2.36 bits per heavy atom. The summed E-state index contributed by atoms with van der Waals surface area (Å²) in [5.74, 6) is 0.748. The predicted molar refractivity (Wildman–Crippen MR) is 63.0 cm³/mol. The molecule has 14 heavy (non-hydrogen) atoms. The summed E-state index contributed by atoms with van der Waals surface area (Å²) in [4.78, 5) is 10.6. The summed E-state index contributed by atoms with van der Waals surface area (Å²) in [5.41, 5.74) is 0.618. The van der Waals surface area contributed by atoms with Crippen LogP contribution >= 0.6 is 31.9 Å². The lowest BCUT2D eigenvalue weighted by molar-refractivity contribution is 0.112. The van der Waals surface area contributed by atoms with Crippen LogP contribution in [-0.2, 0) is 0 Å². The zero-order valence-electron chi connectivity index (χ0n) is 7.72. The number of rotatable bonds is 4. The number of aldehydes is 1. The van der Waals surface area contributed by atoms with Gasteiger partial charge in [0, 0.05) is 5.56 Å². The van der Waals surface area contributed by atoms with Crippen LogP contribution in [0.25, 0.3) is 0 Å². The first kappa shape index (κ1) is 11.7. The van der Waals surface area contributed by atoms with Gasteiger partial charge < -0.3 is 4.74 Å². The molecule has 1 aromatic carbocycles. The molecule has 0 aliphatic rings. The van der Waals surface area contributed by atoms with Gasteiger partial charge in [-0.05, 0) is 50.4 Å². The fourth-order valence-corrected chi connectivity index (χ4v) is 2.44. The van der Waals surface area contributed by atoms with Gasteiger partial charge in [0.1, 0.15) is 12.0 Å². The van der Waals surface area contributed by atoms with Crippen LogP contribution in [0.3, 0.4) is 0 Å². The van der Waals surface area contributed by atoms with Gasteiger partial charge in [-0.3, -0.25) is 4.79 Å². The van der Waals surface area contributed by atoms with Crippen molar-refractivity contribution < 1.29 is 9.53 Å². The number of carbonyl (C=O) groups excluding carboxylic acids is 1. The van der Waals surface area contributed by atoms with Gasteiger partial charge in [-0.25, -0.2) is 0 Å². The van der Waals surface area contributed by atoms with Crippen molar-refractivity contribution >= 4 is 38.1 Å². The molecular formula is C10H10Br2O2. The van der Waals surface area contributed by atoms with Crippen molar-refractivity contribution in [1.82, 2.24) is 0 Å². The molecule has 0 aliphatic carbocycles. The molecule has 0 unspecified atom stereocenters. The highest BCUT2D eigenvalue weighted by Gasteiger charge is 2.07. The Bertz CT molecular complexity index is 314. The third-order valence-corrected chi connectivity index (χ3v) is 2.79. The van der Waals surface area contributed by atoms with Crippen LogP contribution in [-0.4, -0.2) is 12.9 Å². The van der Waals surface area contributed by atoms with Crippen LogP contribution < -0.4 is 4.74 Å². The Hall–Kier alpha value is -0.350. The minimum absolute atomic E-state index is 0.618. The molecule has 2 nitrogen and oxygen atoms in total. The normalized spacial score (nSPS) is 9.93. The molecule has 0 N–H and O–H groups in total. The van der Waals surface area contributed by atoms with E-state index in [-0.39, 0.29) is 0 Å². The number of hydrogen-bond acceptors (Lipinski definition) is 2. The summed E-state index contributed by atoms with van der Waals surface area (Å²) in [6.45, 7) is 2.71. The molecule has 0 aromatic heterocycles. The maximum atomic E-state index is 10.6. The molecule has 0 heterocycles. The van der Waals surface area contributed by atoms with E-state index >= 15 is 0 Å². The van der Waals surface area contributed by atoms with Gasteiger partial charge in [0.2, 0.25) is 0 Å². The van der Waals surface area contributed by atoms with Crippen LogP contribution in [0, 0.1) is 0 Å². The molecule has 0 fully saturated rings. The number of halogens is 2. The van der Waals surface area contributed by atoms with E-state index in [0.29, 0.717) is 12.2 Å². The molecule has 4 heteroatoms. The Morgan fingerprint density at radius 1 is 1.36 bits per heavy atom.